The van der Waals surface area contributed by atoms with Gasteiger partial charge >= 0.3 is 5.97 Å². The van der Waals surface area contributed by atoms with Gasteiger partial charge in [0.1, 0.15) is 0 Å². The Morgan fingerprint density at radius 1 is 0.857 bits per heavy atom. The van der Waals surface area contributed by atoms with Crippen LogP contribution in [0, 0.1) is 0 Å². The first-order valence-electron chi connectivity index (χ1n) is 11.1. The van der Waals surface area contributed by atoms with E-state index >= 15 is 0 Å². The summed E-state index contributed by atoms with van der Waals surface area (Å²) in [7, 11) is 0. The number of hydrogen-bond donors (Lipinski definition) is 3. The average molecular weight is 405 g/mol. The molecule has 5 nitrogen and oxygen atoms in total. The Kier molecular flexibility index (Phi) is 32.1. The zero-order valence-electron chi connectivity index (χ0n) is 19.0. The van der Waals surface area contributed by atoms with Gasteiger partial charge in [0.25, 0.3) is 0 Å². The van der Waals surface area contributed by atoms with Crippen molar-refractivity contribution in [3.8, 4) is 0 Å². The van der Waals surface area contributed by atoms with Gasteiger partial charge in [0.2, 0.25) is 0 Å². The Morgan fingerprint density at radius 2 is 1.14 bits per heavy atom. The first kappa shape index (κ1) is 31.8. The van der Waals surface area contributed by atoms with Gasteiger partial charge in [-0.1, -0.05) is 84.6 Å². The normalized spacial score (nSPS) is 10.9. The third-order valence-electron chi connectivity index (χ3n) is 3.91. The van der Waals surface area contributed by atoms with E-state index in [1.54, 1.807) is 0 Å². The molecule has 28 heavy (non-hydrogen) atoms. The van der Waals surface area contributed by atoms with Gasteiger partial charge in [-0.2, -0.15) is 0 Å². The minimum atomic E-state index is -0.935. The van der Waals surface area contributed by atoms with Crippen LogP contribution in [0.15, 0.2) is 12.2 Å². The summed E-state index contributed by atoms with van der Waals surface area (Å²) in [6, 6.07) is 0. The van der Waals surface area contributed by atoms with Crippen LogP contribution in [-0.4, -0.2) is 47.2 Å². The molecule has 0 saturated heterocycles. The molecule has 1 atom stereocenters. The van der Waals surface area contributed by atoms with Crippen LogP contribution in [0.25, 0.3) is 0 Å². The van der Waals surface area contributed by atoms with E-state index in [-0.39, 0.29) is 12.2 Å². The van der Waals surface area contributed by atoms with E-state index < -0.39 is 12.1 Å². The highest BCUT2D eigenvalue weighted by atomic mass is 16.5. The van der Waals surface area contributed by atoms with Crippen molar-refractivity contribution in [2.24, 2.45) is 0 Å². The molecule has 170 valence electrons. The molecule has 0 fully saturated rings. The number of aliphatic hydroxyl groups excluding tert-OH is 2. The SMILES string of the molecule is C=C(C)C(=O)O.CC(O)CO.CCCCCCCCOCCCCCCCC. The monoisotopic (exact) mass is 404 g/mol. The van der Waals surface area contributed by atoms with Crippen molar-refractivity contribution in [2.45, 2.75) is 111 Å². The number of carboxylic acids is 1. The van der Waals surface area contributed by atoms with Gasteiger partial charge in [-0.05, 0) is 26.7 Å². The fourth-order valence-corrected chi connectivity index (χ4v) is 2.07. The highest BCUT2D eigenvalue weighted by molar-refractivity contribution is 5.84. The molecule has 0 bridgehead atoms. The lowest BCUT2D eigenvalue weighted by atomic mass is 10.1. The highest BCUT2D eigenvalue weighted by Crippen LogP contribution is 2.06. The molecule has 0 aliphatic heterocycles. The lowest BCUT2D eigenvalue weighted by Gasteiger charge is -2.04. The first-order valence-corrected chi connectivity index (χ1v) is 11.1. The zero-order chi connectivity index (χ0) is 22.0. The maximum Gasteiger partial charge on any atom is 0.330 e. The van der Waals surface area contributed by atoms with Crippen LogP contribution >= 0.6 is 0 Å². The summed E-state index contributed by atoms with van der Waals surface area (Å²) in [5.74, 6) is -0.935. The summed E-state index contributed by atoms with van der Waals surface area (Å²) in [5.41, 5.74) is 0.176. The first-order chi connectivity index (χ1) is 13.3. The molecule has 0 radical (unpaired) electrons. The molecule has 0 saturated carbocycles. The van der Waals surface area contributed by atoms with E-state index in [1.165, 1.54) is 90.9 Å². The molecule has 0 aliphatic rings. The Morgan fingerprint density at radius 3 is 1.39 bits per heavy atom. The summed E-state index contributed by atoms with van der Waals surface area (Å²) in [6.45, 7) is 12.5. The molecule has 0 rings (SSSR count). The van der Waals surface area contributed by atoms with Crippen molar-refractivity contribution < 1.29 is 24.9 Å². The maximum atomic E-state index is 9.60. The topological polar surface area (TPSA) is 87.0 Å². The lowest BCUT2D eigenvalue weighted by molar-refractivity contribution is -0.132. The number of aliphatic carboxylic acids is 1. The Hall–Kier alpha value is -0.910. The minimum absolute atomic E-state index is 0.139. The fourth-order valence-electron chi connectivity index (χ4n) is 2.07. The number of carbonyl (C=O) groups is 1. The number of ether oxygens (including phenoxy) is 1. The molecule has 5 heteroatoms. The van der Waals surface area contributed by atoms with E-state index in [9.17, 15) is 4.79 Å². The van der Waals surface area contributed by atoms with Crippen molar-refractivity contribution >= 4 is 5.97 Å². The zero-order valence-corrected chi connectivity index (χ0v) is 19.0. The molecular formula is C23H48O5. The molecule has 0 heterocycles. The van der Waals surface area contributed by atoms with Crippen LogP contribution in [0.1, 0.15) is 105 Å². The standard InChI is InChI=1S/C16H34O.C4H6O2.C3H8O2/c1-3-5-7-9-11-13-15-17-16-14-12-10-8-6-4-2;1-3(2)4(5)6;1-3(5)2-4/h3-16H2,1-2H3;1H2,2H3,(H,5,6);3-5H,2H2,1H3. The molecule has 0 aromatic heterocycles. The van der Waals surface area contributed by atoms with Crippen molar-refractivity contribution in [1.82, 2.24) is 0 Å². The molecule has 3 N–H and O–H groups in total. The van der Waals surface area contributed by atoms with Crippen LogP contribution in [0.3, 0.4) is 0 Å². The second-order valence-corrected chi connectivity index (χ2v) is 7.26. The van der Waals surface area contributed by atoms with Gasteiger partial charge < -0.3 is 20.1 Å². The molecular weight excluding hydrogens is 356 g/mol. The van der Waals surface area contributed by atoms with Crippen LogP contribution in [0.4, 0.5) is 0 Å². The number of unbranched alkanes of at least 4 members (excludes halogenated alkanes) is 10. The molecule has 0 aromatic rings. The summed E-state index contributed by atoms with van der Waals surface area (Å²) in [6.07, 6.45) is 15.8. The van der Waals surface area contributed by atoms with Crippen molar-refractivity contribution in [3.05, 3.63) is 12.2 Å². The van der Waals surface area contributed by atoms with Gasteiger partial charge in [0.05, 0.1) is 12.7 Å². The largest absolute Gasteiger partial charge is 0.478 e. The van der Waals surface area contributed by atoms with E-state index in [0.717, 1.165) is 13.2 Å². The van der Waals surface area contributed by atoms with Gasteiger partial charge in [0.15, 0.2) is 0 Å². The maximum absolute atomic E-state index is 9.60. The van der Waals surface area contributed by atoms with Gasteiger partial charge in [-0.3, -0.25) is 0 Å². The van der Waals surface area contributed by atoms with E-state index in [1.807, 2.05) is 0 Å². The molecule has 0 spiro atoms. The third kappa shape index (κ3) is 40.0. The third-order valence-corrected chi connectivity index (χ3v) is 3.91. The van der Waals surface area contributed by atoms with E-state index in [4.69, 9.17) is 20.1 Å². The van der Waals surface area contributed by atoms with Crippen LogP contribution in [0.2, 0.25) is 0 Å². The van der Waals surface area contributed by atoms with Crippen molar-refractivity contribution in [1.29, 1.82) is 0 Å². The van der Waals surface area contributed by atoms with E-state index in [2.05, 4.69) is 20.4 Å². The summed E-state index contributed by atoms with van der Waals surface area (Å²) >= 11 is 0. The second kappa shape index (κ2) is 28.3. The predicted octanol–water partition coefficient (Wildman–Crippen LogP) is 5.73. The van der Waals surface area contributed by atoms with E-state index in [0.29, 0.717) is 0 Å². The summed E-state index contributed by atoms with van der Waals surface area (Å²) < 4.78 is 5.65. The molecule has 0 aliphatic carbocycles. The number of hydrogen-bond acceptors (Lipinski definition) is 4. The second-order valence-electron chi connectivity index (χ2n) is 7.26. The van der Waals surface area contributed by atoms with Crippen LogP contribution in [-0.2, 0) is 9.53 Å². The average Bonchev–Trinajstić information content (AvgIpc) is 2.66. The lowest BCUT2D eigenvalue weighted by Crippen LogP contribution is -2.03. The Balaban J connectivity index is -0.000000464. The van der Waals surface area contributed by atoms with Crippen LogP contribution in [0.5, 0.6) is 0 Å². The molecule has 0 amide bonds. The highest BCUT2D eigenvalue weighted by Gasteiger charge is 1.93. The predicted molar refractivity (Wildman–Crippen MR) is 119 cm³/mol. The minimum Gasteiger partial charge on any atom is -0.478 e. The van der Waals surface area contributed by atoms with Crippen LogP contribution < -0.4 is 0 Å². The molecule has 0 aromatic carbocycles. The number of carboxylic acid groups (broad SMARTS) is 1. The quantitative estimate of drug-likeness (QED) is 0.226. The Labute approximate surface area is 174 Å². The van der Waals surface area contributed by atoms with Gasteiger partial charge in [0, 0.05) is 18.8 Å². The van der Waals surface area contributed by atoms with Gasteiger partial charge in [-0.15, -0.1) is 0 Å². The summed E-state index contributed by atoms with van der Waals surface area (Å²) in [5, 5.41) is 23.9. The summed E-state index contributed by atoms with van der Waals surface area (Å²) in [4.78, 5) is 9.60. The number of aliphatic hydroxyl groups is 2. The Bertz CT molecular complexity index is 290. The van der Waals surface area contributed by atoms with Crippen molar-refractivity contribution in [2.75, 3.05) is 19.8 Å². The fraction of sp³-hybridized carbons (Fsp3) is 0.870. The van der Waals surface area contributed by atoms with Gasteiger partial charge in [-0.25, -0.2) is 4.79 Å². The van der Waals surface area contributed by atoms with Crippen molar-refractivity contribution in [3.63, 3.8) is 0 Å². The molecule has 1 unspecified atom stereocenters. The number of rotatable bonds is 16. The smallest absolute Gasteiger partial charge is 0.330 e.